The smallest absolute Gasteiger partial charge is 0.744 e. The fraction of sp³-hybridized carbons (Fsp3) is 0.174. The van der Waals surface area contributed by atoms with Crippen molar-refractivity contribution >= 4 is 28.2 Å². The number of hydrogen-bond acceptors (Lipinski definition) is 5. The number of carbonyl (C=O) groups excluding carboxylic acids is 1. The van der Waals surface area contributed by atoms with Gasteiger partial charge in [-0.25, -0.2) is 13.2 Å². The molecule has 0 aromatic heterocycles. The van der Waals surface area contributed by atoms with Crippen molar-refractivity contribution in [1.29, 1.82) is 0 Å². The largest absolute Gasteiger partial charge is 1.00 e. The van der Waals surface area contributed by atoms with E-state index in [-0.39, 0.29) is 40.4 Å². The first-order chi connectivity index (χ1) is 13.8. The Bertz CT molecular complexity index is 860. The third-order valence-electron chi connectivity index (χ3n) is 3.35. The van der Waals surface area contributed by atoms with Gasteiger partial charge in [0.15, 0.2) is 0 Å². The molecule has 30 heavy (non-hydrogen) atoms. The molecule has 156 valence electrons. The Kier molecular flexibility index (Phi) is 18.0. The van der Waals surface area contributed by atoms with Crippen LogP contribution in [0.1, 0.15) is 30.9 Å². The van der Waals surface area contributed by atoms with E-state index in [0.717, 1.165) is 18.4 Å². The van der Waals surface area contributed by atoms with E-state index >= 15 is 0 Å². The quantitative estimate of drug-likeness (QED) is 0.217. The van der Waals surface area contributed by atoms with Gasteiger partial charge in [0, 0.05) is 6.08 Å². The molecule has 0 aliphatic heterocycles. The number of hydrogen-bond donors (Lipinski definition) is 0. The average Bonchev–Trinajstić information content (AvgIpc) is 2.74. The second kappa shape index (κ2) is 17.9. The molecule has 0 saturated carbocycles. The van der Waals surface area contributed by atoms with Crippen LogP contribution in [0.4, 0.5) is 0 Å². The predicted octanol–water partition coefficient (Wildman–Crippen LogP) is 2.08. The third kappa shape index (κ3) is 15.0. The second-order valence-corrected chi connectivity index (χ2v) is 6.95. The van der Waals surface area contributed by atoms with Crippen LogP contribution in [0.25, 0.3) is 12.2 Å². The van der Waals surface area contributed by atoms with Crippen LogP contribution >= 0.6 is 0 Å². The molecule has 0 unspecified atom stereocenters. The summed E-state index contributed by atoms with van der Waals surface area (Å²) in [5.74, 6) is -0.330. The fourth-order valence-electron chi connectivity index (χ4n) is 1.74. The zero-order valence-corrected chi connectivity index (χ0v) is 20.4. The van der Waals surface area contributed by atoms with Crippen molar-refractivity contribution in [1.82, 2.24) is 0 Å². The number of rotatable bonds is 7. The molecule has 0 spiro atoms. The zero-order chi connectivity index (χ0) is 22.1. The molecule has 0 aliphatic rings. The maximum atomic E-state index is 10.5. The van der Waals surface area contributed by atoms with E-state index in [4.69, 9.17) is 0 Å². The van der Waals surface area contributed by atoms with Crippen LogP contribution in [0.2, 0.25) is 0 Å². The second-order valence-electron chi connectivity index (χ2n) is 5.57. The van der Waals surface area contributed by atoms with Gasteiger partial charge in [0.2, 0.25) is 0 Å². The van der Waals surface area contributed by atoms with Crippen LogP contribution in [0, 0.1) is 0 Å². The molecule has 0 fully saturated rings. The van der Waals surface area contributed by atoms with Crippen molar-refractivity contribution < 1.29 is 52.1 Å². The molecule has 0 bridgehead atoms. The fourth-order valence-corrected chi connectivity index (χ4v) is 2.21. The average molecular weight is 439 g/mol. The van der Waals surface area contributed by atoms with E-state index in [2.05, 4.69) is 24.5 Å². The molecule has 0 amide bonds. The molecule has 2 aromatic carbocycles. The first kappa shape index (κ1) is 30.2. The van der Waals surface area contributed by atoms with E-state index in [0.29, 0.717) is 6.61 Å². The molecule has 0 atom stereocenters. The van der Waals surface area contributed by atoms with Crippen LogP contribution in [0.5, 0.6) is 0 Å². The van der Waals surface area contributed by atoms with E-state index < -0.39 is 10.1 Å². The molecule has 2 aromatic rings. The van der Waals surface area contributed by atoms with Crippen molar-refractivity contribution in [3.05, 3.63) is 91.5 Å². The topological polar surface area (TPSA) is 83.5 Å². The molecule has 2 rings (SSSR count). The molecule has 0 aliphatic carbocycles. The first-order valence-electron chi connectivity index (χ1n) is 8.93. The summed E-state index contributed by atoms with van der Waals surface area (Å²) in [6.07, 6.45) is 6.56. The summed E-state index contributed by atoms with van der Waals surface area (Å²) < 4.78 is 36.0. The van der Waals surface area contributed by atoms with Gasteiger partial charge in [-0.05, 0) is 29.7 Å². The standard InChI is InChI=1S/C8H8O3S.C8H8.C7H12O2.Na/c1-2-7-3-5-8(6-4-7)12(9,10)11;1-2-8-6-4-3-5-7-8;1-3-5-6-9-7(8)4-2;/h2-6H,1H2,(H,9,10,11);2-7H,1H2;4H,2-3,5-6H2,1H3;/q;;;+1/p-1. The molecular weight excluding hydrogens is 411 g/mol. The summed E-state index contributed by atoms with van der Waals surface area (Å²) in [4.78, 5) is 10.1. The van der Waals surface area contributed by atoms with Crippen LogP contribution in [-0.4, -0.2) is 25.5 Å². The van der Waals surface area contributed by atoms with Gasteiger partial charge >= 0.3 is 35.5 Å². The number of carbonyl (C=O) groups is 1. The SMILES string of the molecule is C=CC(=O)OCCCC.C=Cc1ccc(S(=O)(=O)[O-])cc1.C=Cc1ccccc1.[Na+]. The van der Waals surface area contributed by atoms with Crippen LogP contribution < -0.4 is 29.6 Å². The Morgan fingerprint density at radius 3 is 1.83 bits per heavy atom. The summed E-state index contributed by atoms with van der Waals surface area (Å²) in [5, 5.41) is 0. The summed E-state index contributed by atoms with van der Waals surface area (Å²) in [6, 6.07) is 15.6. The van der Waals surface area contributed by atoms with E-state index in [1.54, 1.807) is 6.08 Å². The van der Waals surface area contributed by atoms with Crippen LogP contribution in [0.15, 0.2) is 85.3 Å². The van der Waals surface area contributed by atoms with Gasteiger partial charge in [-0.3, -0.25) is 0 Å². The monoisotopic (exact) mass is 438 g/mol. The Hall–Kier alpha value is -1.96. The molecular formula is C23H27NaO5S. The Morgan fingerprint density at radius 2 is 1.47 bits per heavy atom. The Balaban J connectivity index is 0. The number of benzene rings is 2. The van der Waals surface area contributed by atoms with Crippen molar-refractivity contribution in [3.63, 3.8) is 0 Å². The van der Waals surface area contributed by atoms with Crippen LogP contribution in [0.3, 0.4) is 0 Å². The maximum absolute atomic E-state index is 10.5. The first-order valence-corrected chi connectivity index (χ1v) is 10.3. The normalized spacial score (nSPS) is 9.27. The number of esters is 1. The van der Waals surface area contributed by atoms with E-state index in [1.807, 2.05) is 43.3 Å². The van der Waals surface area contributed by atoms with Gasteiger partial charge in [0.1, 0.15) is 10.1 Å². The Morgan fingerprint density at radius 1 is 0.967 bits per heavy atom. The van der Waals surface area contributed by atoms with Crippen LogP contribution in [-0.2, 0) is 19.6 Å². The van der Waals surface area contributed by atoms with Gasteiger partial charge in [-0.1, -0.05) is 87.7 Å². The summed E-state index contributed by atoms with van der Waals surface area (Å²) in [6.45, 7) is 12.9. The van der Waals surface area contributed by atoms with Crippen molar-refractivity contribution in [2.24, 2.45) is 0 Å². The van der Waals surface area contributed by atoms with Gasteiger partial charge in [0.25, 0.3) is 0 Å². The molecule has 7 heteroatoms. The van der Waals surface area contributed by atoms with Gasteiger partial charge < -0.3 is 9.29 Å². The minimum atomic E-state index is -4.31. The third-order valence-corrected chi connectivity index (χ3v) is 4.20. The zero-order valence-electron chi connectivity index (χ0n) is 17.6. The van der Waals surface area contributed by atoms with E-state index in [1.165, 1.54) is 35.9 Å². The predicted molar refractivity (Wildman–Crippen MR) is 117 cm³/mol. The summed E-state index contributed by atoms with van der Waals surface area (Å²) in [7, 11) is -4.31. The molecule has 0 heterocycles. The van der Waals surface area contributed by atoms with Crippen molar-refractivity contribution in [2.75, 3.05) is 6.61 Å². The minimum absolute atomic E-state index is 0. The van der Waals surface area contributed by atoms with Gasteiger partial charge in [0.05, 0.1) is 11.5 Å². The minimum Gasteiger partial charge on any atom is -0.744 e. The van der Waals surface area contributed by atoms with Gasteiger partial charge in [-0.15, -0.1) is 0 Å². The number of ether oxygens (including phenoxy) is 1. The molecule has 0 radical (unpaired) electrons. The maximum Gasteiger partial charge on any atom is 1.00 e. The number of unbranched alkanes of at least 4 members (excludes halogenated alkanes) is 1. The molecule has 0 N–H and O–H groups in total. The van der Waals surface area contributed by atoms with Crippen molar-refractivity contribution in [2.45, 2.75) is 24.7 Å². The van der Waals surface area contributed by atoms with E-state index in [9.17, 15) is 17.8 Å². The Labute approximate surface area is 202 Å². The molecule has 5 nitrogen and oxygen atoms in total. The van der Waals surface area contributed by atoms with Crippen molar-refractivity contribution in [3.8, 4) is 0 Å². The van der Waals surface area contributed by atoms with Gasteiger partial charge in [-0.2, -0.15) is 0 Å². The summed E-state index contributed by atoms with van der Waals surface area (Å²) >= 11 is 0. The molecule has 0 saturated heterocycles. The summed E-state index contributed by atoms with van der Waals surface area (Å²) in [5.41, 5.74) is 1.95.